The largest absolute Gasteiger partial charge is 0.748 e. The topological polar surface area (TPSA) is 252 Å². The Kier molecular flexibility index (Phi) is 17.8. The maximum Gasteiger partial charge on any atom is 0.303 e. The molecule has 2 aliphatic rings. The first kappa shape index (κ1) is 50.1. The van der Waals surface area contributed by atoms with E-state index in [0.717, 1.165) is 5.71 Å². The van der Waals surface area contributed by atoms with E-state index >= 15 is 0 Å². The van der Waals surface area contributed by atoms with E-state index in [1.54, 1.807) is 26.2 Å². The monoisotopic (exact) mass is 912 g/mol. The molecule has 0 aliphatic carbocycles. The average Bonchev–Trinajstić information content (AvgIpc) is 3.55. The molecule has 1 N–H and O–H groups in total. The van der Waals surface area contributed by atoms with Crippen molar-refractivity contribution in [3.05, 3.63) is 71.5 Å². The predicted molar refractivity (Wildman–Crippen MR) is 222 cm³/mol. The summed E-state index contributed by atoms with van der Waals surface area (Å²) in [4.78, 5) is 12.3. The molecule has 0 amide bonds. The summed E-state index contributed by atoms with van der Waals surface area (Å²) in [6.45, 7) is 8.87. The molecular formula is C41H56N2O15S3-2. The number of benzene rings is 2. The van der Waals surface area contributed by atoms with Crippen LogP contribution in [0.2, 0.25) is 0 Å². The molecule has 0 aromatic heterocycles. The number of carboxylic acid groups (broad SMARTS) is 1. The lowest BCUT2D eigenvalue weighted by Crippen LogP contribution is -2.33. The zero-order chi connectivity index (χ0) is 45.1. The fourth-order valence-corrected chi connectivity index (χ4v) is 9.49. The van der Waals surface area contributed by atoms with Gasteiger partial charge in [0.15, 0.2) is 5.71 Å². The molecule has 2 heterocycles. The summed E-state index contributed by atoms with van der Waals surface area (Å²) in [5.41, 5.74) is 1.74. The second kappa shape index (κ2) is 21.7. The Morgan fingerprint density at radius 1 is 0.770 bits per heavy atom. The van der Waals surface area contributed by atoms with Crippen molar-refractivity contribution in [2.45, 2.75) is 86.3 Å². The summed E-state index contributed by atoms with van der Waals surface area (Å²) in [7, 11) is -12.7. The Balaban J connectivity index is 1.76. The molecule has 0 spiro atoms. The number of hydrogen-bond acceptors (Lipinski definition) is 15. The molecule has 0 saturated carbocycles. The van der Waals surface area contributed by atoms with Crippen LogP contribution in [-0.4, -0.2) is 132 Å². The van der Waals surface area contributed by atoms with Crippen LogP contribution >= 0.6 is 0 Å². The number of aliphatic carboxylic acids is 1. The number of unbranched alkanes of at least 4 members (excludes halogenated alkanes) is 2. The Bertz CT molecular complexity index is 2290. The van der Waals surface area contributed by atoms with Crippen molar-refractivity contribution in [3.63, 3.8) is 0 Å². The number of nitrogens with zero attached hydrogens (tertiary/aromatic N) is 2. The van der Waals surface area contributed by atoms with Gasteiger partial charge < -0.3 is 42.6 Å². The van der Waals surface area contributed by atoms with E-state index in [1.165, 1.54) is 30.3 Å². The van der Waals surface area contributed by atoms with E-state index in [4.69, 9.17) is 18.9 Å². The van der Waals surface area contributed by atoms with Crippen LogP contribution in [0.3, 0.4) is 0 Å². The number of anilines is 1. The Hall–Kier alpha value is -3.57. The van der Waals surface area contributed by atoms with Gasteiger partial charge in [0.1, 0.15) is 26.8 Å². The number of methoxy groups -OCH3 is 1. The summed E-state index contributed by atoms with van der Waals surface area (Å²) in [6, 6.07) is 8.29. The number of allylic oxidation sites excluding steroid dienone is 4. The lowest BCUT2D eigenvalue weighted by Gasteiger charge is -2.30. The molecule has 0 fully saturated rings. The number of hydrogen-bond donors (Lipinski definition) is 1. The molecular weight excluding hydrogens is 857 g/mol. The van der Waals surface area contributed by atoms with Crippen LogP contribution in [0.5, 0.6) is 0 Å². The normalized spacial score (nSPS) is 20.0. The van der Waals surface area contributed by atoms with Gasteiger partial charge in [-0.2, -0.15) is 4.58 Å². The first-order valence-electron chi connectivity index (χ1n) is 20.1. The molecule has 0 bridgehead atoms. The maximum atomic E-state index is 12.3. The highest BCUT2D eigenvalue weighted by atomic mass is 32.2. The molecule has 4 rings (SSSR count). The van der Waals surface area contributed by atoms with Crippen molar-refractivity contribution >= 4 is 53.4 Å². The quantitative estimate of drug-likeness (QED) is 0.0751. The van der Waals surface area contributed by atoms with Crippen molar-refractivity contribution in [1.82, 2.24) is 0 Å². The van der Waals surface area contributed by atoms with Crippen LogP contribution in [0.15, 0.2) is 70.1 Å². The summed E-state index contributed by atoms with van der Waals surface area (Å²) < 4.78 is 132. The molecule has 340 valence electrons. The first-order chi connectivity index (χ1) is 28.7. The Morgan fingerprint density at radius 2 is 1.36 bits per heavy atom. The molecule has 0 saturated heterocycles. The van der Waals surface area contributed by atoms with E-state index < -0.39 is 62.7 Å². The number of fused-ring (bicyclic) bond motifs is 2. The first-order valence-corrected chi connectivity index (χ1v) is 24.5. The number of rotatable bonds is 27. The zero-order valence-corrected chi connectivity index (χ0v) is 37.4. The summed E-state index contributed by atoms with van der Waals surface area (Å²) >= 11 is 0. The smallest absolute Gasteiger partial charge is 0.303 e. The third-order valence-electron chi connectivity index (χ3n) is 11.1. The number of likely N-dealkylation sites (N-methyl/N-ethyl adjacent to an activating group) is 1. The Morgan fingerprint density at radius 3 is 1.93 bits per heavy atom. The van der Waals surface area contributed by atoms with Crippen molar-refractivity contribution < 1.29 is 72.3 Å². The van der Waals surface area contributed by atoms with Crippen LogP contribution in [0, 0.1) is 0 Å². The van der Waals surface area contributed by atoms with Gasteiger partial charge in [-0.15, -0.1) is 0 Å². The van der Waals surface area contributed by atoms with Crippen molar-refractivity contribution in [2.24, 2.45) is 0 Å². The minimum Gasteiger partial charge on any atom is -0.748 e. The molecule has 2 aromatic rings. The summed E-state index contributed by atoms with van der Waals surface area (Å²) in [6.07, 6.45) is 7.48. The molecule has 20 heteroatoms. The average molecular weight is 913 g/mol. The van der Waals surface area contributed by atoms with Crippen molar-refractivity contribution in [2.75, 3.05) is 77.1 Å². The number of ether oxygens (including phenoxy) is 4. The van der Waals surface area contributed by atoms with E-state index in [2.05, 4.69) is 0 Å². The van der Waals surface area contributed by atoms with E-state index in [9.17, 15) is 48.8 Å². The predicted octanol–water partition coefficient (Wildman–Crippen LogP) is 4.15. The van der Waals surface area contributed by atoms with Crippen molar-refractivity contribution in [1.29, 1.82) is 0 Å². The second-order valence-corrected chi connectivity index (χ2v) is 19.6. The maximum absolute atomic E-state index is 12.3. The van der Waals surface area contributed by atoms with Gasteiger partial charge in [0.05, 0.1) is 65.0 Å². The number of carbonyl (C=O) groups is 1. The fourth-order valence-electron chi connectivity index (χ4n) is 8.00. The van der Waals surface area contributed by atoms with Gasteiger partial charge in [-0.25, -0.2) is 25.3 Å². The van der Waals surface area contributed by atoms with E-state index in [-0.39, 0.29) is 32.5 Å². The van der Waals surface area contributed by atoms with Crippen molar-refractivity contribution in [3.8, 4) is 0 Å². The van der Waals surface area contributed by atoms with E-state index in [0.29, 0.717) is 100 Å². The molecule has 2 aromatic carbocycles. The molecule has 61 heavy (non-hydrogen) atoms. The van der Waals surface area contributed by atoms with Crippen LogP contribution in [0.1, 0.15) is 76.8 Å². The molecule has 2 atom stereocenters. The SMILES string of the molecule is CCN1/C(=C/C=C/C2=[N+](CCCCCC(=O)O)c3ccc(S(=O)(=O)[O-])cc3C2(C)CCOCCOCCOCCOC)C(C)(CCCS(=O)(=O)[O-])c2cc(S(=O)(=O)[O-])ccc21. The van der Waals surface area contributed by atoms with Crippen LogP contribution < -0.4 is 4.90 Å². The zero-order valence-electron chi connectivity index (χ0n) is 35.0. The van der Waals surface area contributed by atoms with Crippen LogP contribution in [0.25, 0.3) is 0 Å². The third-order valence-corrected chi connectivity index (χ3v) is 13.5. The standard InChI is InChI=1S/C41H58N2O15S3/c1-5-42-35-16-14-31(60(49,50)51)29-33(35)40(2,18-10-28-59(46,47)48)37(42)11-9-12-38-41(3,19-21-56-24-25-58-27-26-57-23-22-55-4)34-30-32(61(52,53)54)15-17-36(34)43(38)20-8-6-7-13-39(44)45/h9,11-12,14-17,29-30H,5-8,10,13,18-28H2,1-4H3,(H3-,44,45,46,47,48,49,50,51,52,53,54)/p-2. The molecule has 17 nitrogen and oxygen atoms in total. The number of carboxylic acids is 1. The minimum atomic E-state index is -4.85. The molecule has 0 radical (unpaired) electrons. The Labute approximate surface area is 359 Å². The lowest BCUT2D eigenvalue weighted by atomic mass is 9.76. The second-order valence-electron chi connectivity index (χ2n) is 15.3. The van der Waals surface area contributed by atoms with Gasteiger partial charge in [-0.3, -0.25) is 4.79 Å². The highest BCUT2D eigenvalue weighted by molar-refractivity contribution is 7.86. The van der Waals surface area contributed by atoms with Gasteiger partial charge in [-0.1, -0.05) is 6.08 Å². The summed E-state index contributed by atoms with van der Waals surface area (Å²) in [5.74, 6) is -1.56. The third kappa shape index (κ3) is 13.2. The van der Waals surface area contributed by atoms with Crippen LogP contribution in [0.4, 0.5) is 11.4 Å². The minimum absolute atomic E-state index is 0.00301. The molecule has 2 aliphatic heterocycles. The highest BCUT2D eigenvalue weighted by Crippen LogP contribution is 2.51. The summed E-state index contributed by atoms with van der Waals surface area (Å²) in [5, 5.41) is 9.19. The fraction of sp³-hybridized carbons (Fsp3) is 0.561. The van der Waals surface area contributed by atoms with Gasteiger partial charge in [0.25, 0.3) is 0 Å². The van der Waals surface area contributed by atoms with Gasteiger partial charge in [0, 0.05) is 73.4 Å². The van der Waals surface area contributed by atoms with Gasteiger partial charge in [0.2, 0.25) is 5.69 Å². The highest BCUT2D eigenvalue weighted by Gasteiger charge is 2.48. The van der Waals surface area contributed by atoms with Crippen LogP contribution in [-0.2, 0) is 64.9 Å². The van der Waals surface area contributed by atoms with E-state index in [1.807, 2.05) is 35.5 Å². The molecule has 2 unspecified atom stereocenters. The van der Waals surface area contributed by atoms with Gasteiger partial charge in [-0.05, 0) is 94.8 Å². The van der Waals surface area contributed by atoms with Gasteiger partial charge >= 0.3 is 5.97 Å². The lowest BCUT2D eigenvalue weighted by molar-refractivity contribution is -0.438.